The molecule has 0 amide bonds. The summed E-state index contributed by atoms with van der Waals surface area (Å²) in [7, 11) is 0. The molecule has 0 atom stereocenters. The standard InChI is InChI=1S/C12H6BrNO2/c13-10-9-3-6-15-11(9)7(1-4-14)8-2-5-16-12(8)10/h2-3,5-6H,1H2. The second-order valence-corrected chi connectivity index (χ2v) is 4.25. The molecule has 78 valence electrons. The van der Waals surface area contributed by atoms with Gasteiger partial charge >= 0.3 is 0 Å². The van der Waals surface area contributed by atoms with Crippen LogP contribution in [0.4, 0.5) is 0 Å². The number of nitrogens with zero attached hydrogens (tertiary/aromatic N) is 1. The van der Waals surface area contributed by atoms with Gasteiger partial charge in [-0.1, -0.05) is 0 Å². The van der Waals surface area contributed by atoms with Gasteiger partial charge in [-0.15, -0.1) is 0 Å². The summed E-state index contributed by atoms with van der Waals surface area (Å²) in [5.74, 6) is 0. The molecule has 3 nitrogen and oxygen atoms in total. The Bertz CT molecular complexity index is 666. The Kier molecular flexibility index (Phi) is 2.01. The molecule has 0 aliphatic carbocycles. The maximum atomic E-state index is 8.85. The van der Waals surface area contributed by atoms with Crippen molar-refractivity contribution < 1.29 is 8.83 Å². The fourth-order valence-electron chi connectivity index (χ4n) is 1.93. The van der Waals surface area contributed by atoms with E-state index >= 15 is 0 Å². The van der Waals surface area contributed by atoms with Crippen LogP contribution in [-0.4, -0.2) is 0 Å². The molecule has 0 radical (unpaired) electrons. The summed E-state index contributed by atoms with van der Waals surface area (Å²) in [5.41, 5.74) is 2.40. The molecule has 16 heavy (non-hydrogen) atoms. The van der Waals surface area contributed by atoms with Crippen LogP contribution in [-0.2, 0) is 6.42 Å². The van der Waals surface area contributed by atoms with Gasteiger partial charge in [-0.2, -0.15) is 5.26 Å². The Morgan fingerprint density at radius 3 is 2.56 bits per heavy atom. The second-order valence-electron chi connectivity index (χ2n) is 3.45. The molecule has 0 aliphatic rings. The molecule has 0 fully saturated rings. The normalized spacial score (nSPS) is 11.0. The lowest BCUT2D eigenvalue weighted by atomic mass is 10.1. The molecule has 2 aromatic heterocycles. The van der Waals surface area contributed by atoms with E-state index in [1.165, 1.54) is 0 Å². The van der Waals surface area contributed by atoms with E-state index in [-0.39, 0.29) is 0 Å². The number of hydrogen-bond acceptors (Lipinski definition) is 3. The van der Waals surface area contributed by atoms with Crippen molar-refractivity contribution in [1.82, 2.24) is 0 Å². The van der Waals surface area contributed by atoms with E-state index in [9.17, 15) is 0 Å². The molecule has 0 saturated heterocycles. The molecule has 4 heteroatoms. The predicted molar refractivity (Wildman–Crippen MR) is 63.0 cm³/mol. The minimum absolute atomic E-state index is 0.313. The van der Waals surface area contributed by atoms with E-state index in [2.05, 4.69) is 22.0 Å². The van der Waals surface area contributed by atoms with Crippen molar-refractivity contribution in [2.75, 3.05) is 0 Å². The predicted octanol–water partition coefficient (Wildman–Crippen LogP) is 4.01. The maximum Gasteiger partial charge on any atom is 0.149 e. The summed E-state index contributed by atoms with van der Waals surface area (Å²) >= 11 is 3.49. The molecule has 0 aliphatic heterocycles. The van der Waals surface area contributed by atoms with E-state index in [0.29, 0.717) is 6.42 Å². The molecular formula is C12H6BrNO2. The topological polar surface area (TPSA) is 50.1 Å². The quantitative estimate of drug-likeness (QED) is 0.674. The van der Waals surface area contributed by atoms with Crippen LogP contribution in [0.3, 0.4) is 0 Å². The largest absolute Gasteiger partial charge is 0.464 e. The van der Waals surface area contributed by atoms with Gasteiger partial charge in [0.15, 0.2) is 0 Å². The smallest absolute Gasteiger partial charge is 0.149 e. The second kappa shape index (κ2) is 3.39. The molecule has 3 rings (SSSR count). The van der Waals surface area contributed by atoms with Crippen LogP contribution in [0.2, 0.25) is 0 Å². The van der Waals surface area contributed by atoms with Crippen molar-refractivity contribution in [2.24, 2.45) is 0 Å². The number of hydrogen-bond donors (Lipinski definition) is 0. The van der Waals surface area contributed by atoms with Crippen LogP contribution in [0, 0.1) is 11.3 Å². The summed E-state index contributed by atoms with van der Waals surface area (Å²) in [6.45, 7) is 0. The van der Waals surface area contributed by atoms with Crippen LogP contribution >= 0.6 is 15.9 Å². The van der Waals surface area contributed by atoms with Crippen LogP contribution in [0.5, 0.6) is 0 Å². The molecule has 2 heterocycles. The van der Waals surface area contributed by atoms with Gasteiger partial charge < -0.3 is 8.83 Å². The average molecular weight is 276 g/mol. The van der Waals surface area contributed by atoms with E-state index in [0.717, 1.165) is 32.0 Å². The van der Waals surface area contributed by atoms with Gasteiger partial charge in [0.25, 0.3) is 0 Å². The zero-order valence-corrected chi connectivity index (χ0v) is 9.74. The van der Waals surface area contributed by atoms with E-state index in [1.54, 1.807) is 12.5 Å². The highest BCUT2D eigenvalue weighted by Gasteiger charge is 2.16. The number of benzene rings is 1. The van der Waals surface area contributed by atoms with Crippen LogP contribution in [0.25, 0.3) is 21.9 Å². The van der Waals surface area contributed by atoms with Gasteiger partial charge in [-0.25, -0.2) is 0 Å². The van der Waals surface area contributed by atoms with Crippen molar-refractivity contribution in [3.05, 3.63) is 34.7 Å². The monoisotopic (exact) mass is 275 g/mol. The fraction of sp³-hybridized carbons (Fsp3) is 0.0833. The maximum absolute atomic E-state index is 8.85. The summed E-state index contributed by atoms with van der Waals surface area (Å²) in [5, 5.41) is 10.7. The van der Waals surface area contributed by atoms with Crippen LogP contribution in [0.1, 0.15) is 5.56 Å². The Balaban J connectivity index is 2.57. The third-order valence-corrected chi connectivity index (χ3v) is 3.41. The zero-order valence-electron chi connectivity index (χ0n) is 8.16. The van der Waals surface area contributed by atoms with E-state index in [1.807, 2.05) is 12.1 Å². The molecule has 3 aromatic rings. The summed E-state index contributed by atoms with van der Waals surface area (Å²) in [6, 6.07) is 5.87. The van der Waals surface area contributed by atoms with Gasteiger partial charge in [0.05, 0.1) is 29.5 Å². The highest BCUT2D eigenvalue weighted by atomic mass is 79.9. The van der Waals surface area contributed by atoms with Crippen molar-refractivity contribution in [3.63, 3.8) is 0 Å². The molecule has 0 saturated carbocycles. The third kappa shape index (κ3) is 1.12. The van der Waals surface area contributed by atoms with Crippen molar-refractivity contribution in [3.8, 4) is 6.07 Å². The minimum atomic E-state index is 0.313. The fourth-order valence-corrected chi connectivity index (χ4v) is 2.55. The first-order valence-electron chi connectivity index (χ1n) is 4.74. The molecular weight excluding hydrogens is 270 g/mol. The SMILES string of the molecule is N#CCc1c2ccoc2c(Br)c2ccoc12. The number of halogens is 1. The summed E-state index contributed by atoms with van der Waals surface area (Å²) in [4.78, 5) is 0. The molecule has 0 bridgehead atoms. The van der Waals surface area contributed by atoms with E-state index in [4.69, 9.17) is 14.1 Å². The highest BCUT2D eigenvalue weighted by molar-refractivity contribution is 9.10. The van der Waals surface area contributed by atoms with Crippen LogP contribution < -0.4 is 0 Å². The Morgan fingerprint density at radius 2 is 1.81 bits per heavy atom. The number of nitriles is 1. The first kappa shape index (κ1) is 9.49. The molecule has 0 unspecified atom stereocenters. The van der Waals surface area contributed by atoms with Gasteiger partial charge in [-0.05, 0) is 28.1 Å². The Morgan fingerprint density at radius 1 is 1.12 bits per heavy atom. The van der Waals surface area contributed by atoms with Gasteiger partial charge in [-0.3, -0.25) is 0 Å². The summed E-state index contributed by atoms with van der Waals surface area (Å²) < 4.78 is 11.7. The lowest BCUT2D eigenvalue weighted by molar-refractivity contribution is 0.609. The Hall–Kier alpha value is -1.73. The van der Waals surface area contributed by atoms with Crippen molar-refractivity contribution in [2.45, 2.75) is 6.42 Å². The number of fused-ring (bicyclic) bond motifs is 2. The van der Waals surface area contributed by atoms with Crippen molar-refractivity contribution in [1.29, 1.82) is 5.26 Å². The first-order valence-corrected chi connectivity index (χ1v) is 5.54. The van der Waals surface area contributed by atoms with Gasteiger partial charge in [0.1, 0.15) is 11.2 Å². The highest BCUT2D eigenvalue weighted by Crippen LogP contribution is 2.37. The molecule has 0 N–H and O–H groups in total. The Labute approximate surface area is 99.4 Å². The third-order valence-electron chi connectivity index (χ3n) is 2.62. The van der Waals surface area contributed by atoms with Crippen molar-refractivity contribution >= 4 is 37.9 Å². The van der Waals surface area contributed by atoms with Crippen LogP contribution in [0.15, 0.2) is 38.0 Å². The summed E-state index contributed by atoms with van der Waals surface area (Å²) in [6.07, 6.45) is 3.55. The average Bonchev–Trinajstić information content (AvgIpc) is 2.92. The molecule has 0 spiro atoms. The zero-order chi connectivity index (χ0) is 11.1. The minimum Gasteiger partial charge on any atom is -0.464 e. The lowest BCUT2D eigenvalue weighted by Crippen LogP contribution is -1.85. The van der Waals surface area contributed by atoms with Gasteiger partial charge in [0.2, 0.25) is 0 Å². The number of furan rings is 2. The lowest BCUT2D eigenvalue weighted by Gasteiger charge is -2.01. The molecule has 1 aromatic carbocycles. The van der Waals surface area contributed by atoms with Gasteiger partial charge in [0, 0.05) is 16.3 Å². The van der Waals surface area contributed by atoms with E-state index < -0.39 is 0 Å². The first-order chi connectivity index (χ1) is 7.83. The number of rotatable bonds is 1.